The molecule has 0 aliphatic heterocycles. The molecule has 0 saturated heterocycles. The number of benzene rings is 6. The van der Waals surface area contributed by atoms with Crippen LogP contribution in [0.5, 0.6) is 0 Å². The SMILES string of the molecule is [B].[Ir].[Y].[c-]1ccc(-c2[c-]cc(-c3ccccc3)cc2)[c-]c1-c1nc2ccccc2n1-c1ccccc1.[c-]1ccccc1-c1ncccn1. The van der Waals surface area contributed by atoms with Crippen molar-refractivity contribution in [3.8, 4) is 50.7 Å². The van der Waals surface area contributed by atoms with Gasteiger partial charge in [0.15, 0.2) is 0 Å². The normalized spacial score (nSPS) is 10.0. The molecule has 2 heterocycles. The molecule has 0 aliphatic carbocycles. The molecule has 5 radical (unpaired) electrons. The molecule has 0 saturated carbocycles. The first-order valence-electron chi connectivity index (χ1n) is 14.6. The Kier molecular flexibility index (Phi) is 13.5. The van der Waals surface area contributed by atoms with Gasteiger partial charge in [0.25, 0.3) is 0 Å². The van der Waals surface area contributed by atoms with E-state index >= 15 is 0 Å². The van der Waals surface area contributed by atoms with Crippen molar-refractivity contribution in [1.82, 2.24) is 19.5 Å². The number of aromatic nitrogens is 4. The molecule has 0 N–H and O–H groups in total. The monoisotopic (exact) mass is 867 g/mol. The molecular weight excluding hydrogens is 840 g/mol. The quantitative estimate of drug-likeness (QED) is 0.128. The van der Waals surface area contributed by atoms with Crippen LogP contribution < -0.4 is 0 Å². The van der Waals surface area contributed by atoms with Crippen LogP contribution in [0.4, 0.5) is 0 Å². The predicted octanol–water partition coefficient (Wildman–Crippen LogP) is 8.99. The summed E-state index contributed by atoms with van der Waals surface area (Å²) in [6.07, 6.45) is 3.45. The third-order valence-electron chi connectivity index (χ3n) is 7.26. The minimum absolute atomic E-state index is 0. The fourth-order valence-corrected chi connectivity index (χ4v) is 5.10. The molecule has 48 heavy (non-hydrogen) atoms. The van der Waals surface area contributed by atoms with Gasteiger partial charge >= 0.3 is 0 Å². The van der Waals surface area contributed by atoms with Crippen molar-refractivity contribution in [2.45, 2.75) is 0 Å². The zero-order valence-corrected chi connectivity index (χ0v) is 31.0. The topological polar surface area (TPSA) is 43.6 Å². The van der Waals surface area contributed by atoms with E-state index in [4.69, 9.17) is 4.98 Å². The molecule has 2 aromatic heterocycles. The van der Waals surface area contributed by atoms with E-state index < -0.39 is 0 Å². The number of para-hydroxylation sites is 3. The van der Waals surface area contributed by atoms with Crippen LogP contribution in [0, 0.1) is 24.3 Å². The van der Waals surface area contributed by atoms with Crippen LogP contribution in [0.15, 0.2) is 158 Å². The standard InChI is InChI=1S/C31H19N2.C10H7N2.B.Ir.Y/c1-3-10-23(11-4-1)24-18-20-25(21-19-24)26-12-9-13-27(22-26)31-32-29-16-7-8-17-30(29)33(31)28-14-5-2-6-15-28;1-2-5-9(6-3-1)10-11-7-4-8-12-10;;;/h1-12,14-20H;1-5,7-8H;;;/q-3;-1;;;. The Labute approximate surface area is 322 Å². The van der Waals surface area contributed by atoms with Gasteiger partial charge in [-0.25, -0.2) is 6.07 Å². The van der Waals surface area contributed by atoms with Gasteiger partial charge in [-0.3, -0.25) is 33.2 Å². The summed E-state index contributed by atoms with van der Waals surface area (Å²) in [5, 5.41) is 0. The van der Waals surface area contributed by atoms with Crippen molar-refractivity contribution in [1.29, 1.82) is 0 Å². The fraction of sp³-hybridized carbons (Fsp3) is 0. The van der Waals surface area contributed by atoms with Crippen molar-refractivity contribution >= 4 is 19.4 Å². The van der Waals surface area contributed by atoms with Gasteiger partial charge in [0.1, 0.15) is 0 Å². The first kappa shape index (κ1) is 36.5. The van der Waals surface area contributed by atoms with E-state index in [9.17, 15) is 0 Å². The second-order valence-electron chi connectivity index (χ2n) is 10.2. The molecule has 0 amide bonds. The summed E-state index contributed by atoms with van der Waals surface area (Å²) in [6, 6.07) is 61.9. The van der Waals surface area contributed by atoms with Gasteiger partial charge in [-0.2, -0.15) is 5.56 Å². The molecule has 8 aromatic rings. The van der Waals surface area contributed by atoms with Gasteiger partial charge in [0, 0.05) is 79.3 Å². The Morgan fingerprint density at radius 3 is 1.96 bits per heavy atom. The smallest absolute Gasteiger partial charge is 0.0748 e. The molecule has 0 spiro atoms. The number of nitrogens with zero attached hydrogens (tertiary/aromatic N) is 4. The molecule has 8 rings (SSSR count). The van der Waals surface area contributed by atoms with E-state index in [2.05, 4.69) is 93.4 Å². The summed E-state index contributed by atoms with van der Waals surface area (Å²) in [7, 11) is 0. The van der Waals surface area contributed by atoms with Crippen molar-refractivity contribution in [2.75, 3.05) is 0 Å². The van der Waals surface area contributed by atoms with E-state index in [0.29, 0.717) is 0 Å². The van der Waals surface area contributed by atoms with Gasteiger partial charge in [0.05, 0.1) is 16.9 Å². The predicted molar refractivity (Wildman–Crippen MR) is 186 cm³/mol. The Morgan fingerprint density at radius 2 is 1.25 bits per heavy atom. The number of hydrogen-bond donors (Lipinski definition) is 0. The van der Waals surface area contributed by atoms with Gasteiger partial charge in [-0.15, -0.1) is 60.2 Å². The maximum atomic E-state index is 4.94. The van der Waals surface area contributed by atoms with E-state index in [-0.39, 0.29) is 61.2 Å². The molecule has 4 nitrogen and oxygen atoms in total. The molecule has 0 bridgehead atoms. The maximum Gasteiger partial charge on any atom is 0.0748 e. The molecule has 7 heteroatoms. The average molecular weight is 867 g/mol. The van der Waals surface area contributed by atoms with Gasteiger partial charge in [-0.1, -0.05) is 71.8 Å². The molecule has 0 fully saturated rings. The second-order valence-corrected chi connectivity index (χ2v) is 10.2. The number of hydrogen-bond acceptors (Lipinski definition) is 3. The van der Waals surface area contributed by atoms with Crippen LogP contribution in [-0.2, 0) is 52.8 Å². The Hall–Kier alpha value is -4.31. The summed E-state index contributed by atoms with van der Waals surface area (Å²) in [5.41, 5.74) is 9.11. The molecular formula is C41H26BIrN4Y-4. The van der Waals surface area contributed by atoms with Crippen LogP contribution >= 0.6 is 0 Å². The van der Waals surface area contributed by atoms with Crippen LogP contribution in [0.3, 0.4) is 0 Å². The van der Waals surface area contributed by atoms with E-state index in [0.717, 1.165) is 56.2 Å². The third-order valence-corrected chi connectivity index (χ3v) is 7.26. The molecule has 0 atom stereocenters. The van der Waals surface area contributed by atoms with Crippen molar-refractivity contribution < 1.29 is 52.8 Å². The first-order chi connectivity index (χ1) is 22.3. The molecule has 229 valence electrons. The number of imidazole rings is 1. The minimum atomic E-state index is 0. The first-order valence-corrected chi connectivity index (χ1v) is 14.6. The van der Waals surface area contributed by atoms with Crippen molar-refractivity contribution in [3.63, 3.8) is 0 Å². The molecule has 0 unspecified atom stereocenters. The van der Waals surface area contributed by atoms with Crippen LogP contribution in [0.1, 0.15) is 0 Å². The molecule has 6 aromatic carbocycles. The van der Waals surface area contributed by atoms with Gasteiger partial charge < -0.3 is 15.6 Å². The van der Waals surface area contributed by atoms with Gasteiger partial charge in [-0.05, 0) is 36.2 Å². The van der Waals surface area contributed by atoms with Crippen LogP contribution in [-0.4, -0.2) is 27.9 Å². The number of fused-ring (bicyclic) bond motifs is 1. The summed E-state index contributed by atoms with van der Waals surface area (Å²) >= 11 is 0. The van der Waals surface area contributed by atoms with E-state index in [1.165, 1.54) is 5.56 Å². The fourth-order valence-electron chi connectivity index (χ4n) is 5.10. The van der Waals surface area contributed by atoms with Crippen LogP contribution in [0.25, 0.3) is 61.8 Å². The Bertz CT molecular complexity index is 2110. The summed E-state index contributed by atoms with van der Waals surface area (Å²) in [4.78, 5) is 13.2. The van der Waals surface area contributed by atoms with Crippen molar-refractivity contribution in [3.05, 3.63) is 182 Å². The zero-order chi connectivity index (χ0) is 30.3. The largest absolute Gasteiger partial charge is 0.374 e. The maximum absolute atomic E-state index is 4.94. The summed E-state index contributed by atoms with van der Waals surface area (Å²) < 4.78 is 2.17. The van der Waals surface area contributed by atoms with E-state index in [1.807, 2.05) is 84.9 Å². The average Bonchev–Trinajstić information content (AvgIpc) is 3.53. The van der Waals surface area contributed by atoms with Crippen molar-refractivity contribution in [2.24, 2.45) is 0 Å². The van der Waals surface area contributed by atoms with E-state index in [1.54, 1.807) is 18.5 Å². The Morgan fingerprint density at radius 1 is 0.542 bits per heavy atom. The summed E-state index contributed by atoms with van der Waals surface area (Å²) in [5.74, 6) is 1.54. The summed E-state index contributed by atoms with van der Waals surface area (Å²) in [6.45, 7) is 0. The second kappa shape index (κ2) is 17.7. The van der Waals surface area contributed by atoms with Crippen LogP contribution in [0.2, 0.25) is 0 Å². The number of rotatable bonds is 5. The Balaban J connectivity index is 0.000000295. The third kappa shape index (κ3) is 8.39. The van der Waals surface area contributed by atoms with Gasteiger partial charge in [0.2, 0.25) is 0 Å². The molecule has 0 aliphatic rings. The minimum Gasteiger partial charge on any atom is -0.374 e. The zero-order valence-electron chi connectivity index (χ0n) is 25.8.